The summed E-state index contributed by atoms with van der Waals surface area (Å²) in [5.41, 5.74) is 0.347. The van der Waals surface area contributed by atoms with Crippen molar-refractivity contribution >= 4 is 5.91 Å². The summed E-state index contributed by atoms with van der Waals surface area (Å²) in [6.07, 6.45) is 3.63. The molecule has 1 aromatic rings. The fourth-order valence-electron chi connectivity index (χ4n) is 2.36. The van der Waals surface area contributed by atoms with Gasteiger partial charge in [0.05, 0.1) is 12.2 Å². The van der Waals surface area contributed by atoms with Crippen LogP contribution in [0.15, 0.2) is 30.3 Å². The van der Waals surface area contributed by atoms with Crippen molar-refractivity contribution in [3.8, 4) is 0 Å². The third-order valence-electron chi connectivity index (χ3n) is 3.49. The highest BCUT2D eigenvalue weighted by molar-refractivity contribution is 5.77. The molecular formula is C15H21NO3. The van der Waals surface area contributed by atoms with Crippen molar-refractivity contribution in [2.75, 3.05) is 13.2 Å². The number of aliphatic hydroxyl groups is 1. The first-order valence-electron chi connectivity index (χ1n) is 6.79. The van der Waals surface area contributed by atoms with Crippen LogP contribution in [0.25, 0.3) is 0 Å². The van der Waals surface area contributed by atoms with Crippen molar-refractivity contribution in [1.29, 1.82) is 0 Å². The third kappa shape index (κ3) is 4.65. The molecule has 1 saturated carbocycles. The number of amides is 1. The lowest BCUT2D eigenvalue weighted by Crippen LogP contribution is -2.42. The molecular weight excluding hydrogens is 242 g/mol. The number of nitrogens with one attached hydrogen (secondary N) is 1. The van der Waals surface area contributed by atoms with Crippen LogP contribution in [0, 0.1) is 0 Å². The smallest absolute Gasteiger partial charge is 0.246 e. The molecule has 0 radical (unpaired) electrons. The molecule has 0 bridgehead atoms. The molecule has 1 aliphatic carbocycles. The second kappa shape index (κ2) is 6.68. The number of hydrogen-bond acceptors (Lipinski definition) is 3. The number of rotatable bonds is 6. The molecule has 1 aliphatic rings. The lowest BCUT2D eigenvalue weighted by Gasteiger charge is -2.22. The van der Waals surface area contributed by atoms with Crippen LogP contribution in [0.3, 0.4) is 0 Å². The molecule has 4 heteroatoms. The quantitative estimate of drug-likeness (QED) is 0.820. The lowest BCUT2D eigenvalue weighted by molar-refractivity contribution is -0.127. The van der Waals surface area contributed by atoms with Gasteiger partial charge in [-0.3, -0.25) is 4.79 Å². The molecule has 1 aromatic carbocycles. The summed E-state index contributed by atoms with van der Waals surface area (Å²) >= 11 is 0. The molecule has 104 valence electrons. The van der Waals surface area contributed by atoms with Crippen molar-refractivity contribution < 1.29 is 14.6 Å². The first-order valence-corrected chi connectivity index (χ1v) is 6.79. The van der Waals surface area contributed by atoms with Gasteiger partial charge in [0, 0.05) is 6.54 Å². The van der Waals surface area contributed by atoms with Gasteiger partial charge in [0.25, 0.3) is 0 Å². The fraction of sp³-hybridized carbons (Fsp3) is 0.533. The van der Waals surface area contributed by atoms with Crippen molar-refractivity contribution in [3.63, 3.8) is 0 Å². The van der Waals surface area contributed by atoms with Gasteiger partial charge in [0.2, 0.25) is 5.91 Å². The topological polar surface area (TPSA) is 58.6 Å². The van der Waals surface area contributed by atoms with Crippen molar-refractivity contribution in [3.05, 3.63) is 35.9 Å². The largest absolute Gasteiger partial charge is 0.388 e. The number of hydrogen-bond donors (Lipinski definition) is 2. The van der Waals surface area contributed by atoms with Gasteiger partial charge in [-0.05, 0) is 18.4 Å². The van der Waals surface area contributed by atoms with E-state index in [2.05, 4.69) is 5.32 Å². The zero-order valence-corrected chi connectivity index (χ0v) is 11.1. The van der Waals surface area contributed by atoms with Crippen molar-refractivity contribution in [2.45, 2.75) is 37.9 Å². The van der Waals surface area contributed by atoms with Crippen LogP contribution >= 0.6 is 0 Å². The highest BCUT2D eigenvalue weighted by atomic mass is 16.5. The van der Waals surface area contributed by atoms with E-state index in [0.29, 0.717) is 13.2 Å². The lowest BCUT2D eigenvalue weighted by atomic mass is 10.0. The van der Waals surface area contributed by atoms with E-state index >= 15 is 0 Å². The Kier molecular flexibility index (Phi) is 4.93. The van der Waals surface area contributed by atoms with Gasteiger partial charge >= 0.3 is 0 Å². The Hall–Kier alpha value is -1.39. The SMILES string of the molecule is O=C(COCc1ccccc1)NCC1(O)CCCC1. The fourth-order valence-corrected chi connectivity index (χ4v) is 2.36. The maximum absolute atomic E-state index is 11.6. The standard InChI is InChI=1S/C15H21NO3/c17-14(16-12-15(18)8-4-5-9-15)11-19-10-13-6-2-1-3-7-13/h1-3,6-7,18H,4-5,8-12H2,(H,16,17). The van der Waals surface area contributed by atoms with Gasteiger partial charge in [-0.25, -0.2) is 0 Å². The molecule has 2 rings (SSSR count). The van der Waals surface area contributed by atoms with Gasteiger partial charge < -0.3 is 15.2 Å². The second-order valence-corrected chi connectivity index (χ2v) is 5.19. The normalized spacial score (nSPS) is 17.3. The number of carbonyl (C=O) groups is 1. The predicted octanol–water partition coefficient (Wildman–Crippen LogP) is 1.62. The minimum atomic E-state index is -0.699. The Bertz CT molecular complexity index is 399. The number of carbonyl (C=O) groups excluding carboxylic acids is 1. The molecule has 0 aromatic heterocycles. The van der Waals surface area contributed by atoms with Gasteiger partial charge in [0.1, 0.15) is 6.61 Å². The van der Waals surface area contributed by atoms with Crippen molar-refractivity contribution in [1.82, 2.24) is 5.32 Å². The van der Waals surface area contributed by atoms with E-state index < -0.39 is 5.60 Å². The summed E-state index contributed by atoms with van der Waals surface area (Å²) < 4.78 is 5.34. The molecule has 0 heterocycles. The zero-order valence-electron chi connectivity index (χ0n) is 11.1. The minimum absolute atomic E-state index is 0.0327. The maximum Gasteiger partial charge on any atom is 0.246 e. The van der Waals surface area contributed by atoms with E-state index in [1.807, 2.05) is 30.3 Å². The van der Waals surface area contributed by atoms with E-state index in [9.17, 15) is 9.90 Å². The molecule has 0 unspecified atom stereocenters. The van der Waals surface area contributed by atoms with Crippen LogP contribution < -0.4 is 5.32 Å². The summed E-state index contributed by atoms with van der Waals surface area (Å²) in [6.45, 7) is 0.796. The highest BCUT2D eigenvalue weighted by Gasteiger charge is 2.31. The zero-order chi connectivity index (χ0) is 13.6. The molecule has 19 heavy (non-hydrogen) atoms. The Morgan fingerprint density at radius 2 is 1.95 bits per heavy atom. The molecule has 0 saturated heterocycles. The van der Waals surface area contributed by atoms with Crippen molar-refractivity contribution in [2.24, 2.45) is 0 Å². The molecule has 0 spiro atoms. The first-order chi connectivity index (χ1) is 9.18. The number of benzene rings is 1. The molecule has 4 nitrogen and oxygen atoms in total. The Balaban J connectivity index is 1.62. The Morgan fingerprint density at radius 1 is 1.26 bits per heavy atom. The summed E-state index contributed by atoms with van der Waals surface area (Å²) in [5.74, 6) is -0.170. The average Bonchev–Trinajstić information content (AvgIpc) is 2.85. The second-order valence-electron chi connectivity index (χ2n) is 5.19. The van der Waals surface area contributed by atoms with Crippen LogP contribution in [0.1, 0.15) is 31.2 Å². The highest BCUT2D eigenvalue weighted by Crippen LogP contribution is 2.28. The third-order valence-corrected chi connectivity index (χ3v) is 3.49. The summed E-state index contributed by atoms with van der Waals surface area (Å²) in [4.78, 5) is 11.6. The monoisotopic (exact) mass is 263 g/mol. The van der Waals surface area contributed by atoms with Crippen LogP contribution in [0.2, 0.25) is 0 Å². The maximum atomic E-state index is 11.6. The molecule has 1 fully saturated rings. The first kappa shape index (κ1) is 14.0. The molecule has 0 aliphatic heterocycles. The van der Waals surface area contributed by atoms with Crippen LogP contribution in [0.5, 0.6) is 0 Å². The van der Waals surface area contributed by atoms with Crippen LogP contribution in [-0.2, 0) is 16.1 Å². The summed E-state index contributed by atoms with van der Waals surface area (Å²) in [6, 6.07) is 9.74. The van der Waals surface area contributed by atoms with Gasteiger partial charge in [0.15, 0.2) is 0 Å². The van der Waals surface area contributed by atoms with E-state index in [4.69, 9.17) is 4.74 Å². The predicted molar refractivity (Wildman–Crippen MR) is 72.5 cm³/mol. The minimum Gasteiger partial charge on any atom is -0.388 e. The van der Waals surface area contributed by atoms with E-state index in [0.717, 1.165) is 31.2 Å². The summed E-state index contributed by atoms with van der Waals surface area (Å²) in [5, 5.41) is 12.8. The molecule has 1 amide bonds. The molecule has 0 atom stereocenters. The van der Waals surface area contributed by atoms with Gasteiger partial charge in [-0.1, -0.05) is 43.2 Å². The van der Waals surface area contributed by atoms with E-state index in [1.165, 1.54) is 0 Å². The Labute approximate surface area is 113 Å². The average molecular weight is 263 g/mol. The Morgan fingerprint density at radius 3 is 2.63 bits per heavy atom. The summed E-state index contributed by atoms with van der Waals surface area (Å²) in [7, 11) is 0. The van der Waals surface area contributed by atoms with E-state index in [-0.39, 0.29) is 12.5 Å². The molecule has 2 N–H and O–H groups in total. The number of ether oxygens (including phenoxy) is 1. The van der Waals surface area contributed by atoms with Crippen LogP contribution in [-0.4, -0.2) is 29.8 Å². The van der Waals surface area contributed by atoms with E-state index in [1.54, 1.807) is 0 Å². The van der Waals surface area contributed by atoms with Crippen LogP contribution in [0.4, 0.5) is 0 Å². The van der Waals surface area contributed by atoms with Gasteiger partial charge in [-0.15, -0.1) is 0 Å². The van der Waals surface area contributed by atoms with Gasteiger partial charge in [-0.2, -0.15) is 0 Å².